The Bertz CT molecular complexity index is 799. The van der Waals surface area contributed by atoms with E-state index in [9.17, 15) is 10.1 Å². The van der Waals surface area contributed by atoms with Crippen molar-refractivity contribution in [3.63, 3.8) is 0 Å². The Morgan fingerprint density at radius 1 is 1.25 bits per heavy atom. The topological polar surface area (TPSA) is 52.9 Å². The van der Waals surface area contributed by atoms with Crippen LogP contribution in [-0.4, -0.2) is 12.5 Å². The van der Waals surface area contributed by atoms with Gasteiger partial charge in [-0.3, -0.25) is 4.79 Å². The number of amides is 1. The summed E-state index contributed by atoms with van der Waals surface area (Å²) < 4.78 is 0. The molecule has 0 aliphatic carbocycles. The molecule has 24 heavy (non-hydrogen) atoms. The predicted octanol–water partition coefficient (Wildman–Crippen LogP) is 4.46. The van der Waals surface area contributed by atoms with Gasteiger partial charge in [0.1, 0.15) is 0 Å². The zero-order valence-electron chi connectivity index (χ0n) is 14.4. The average molecular weight is 318 g/mol. The first-order chi connectivity index (χ1) is 11.6. The second kappa shape index (κ2) is 8.12. The van der Waals surface area contributed by atoms with Crippen molar-refractivity contribution in [2.75, 3.05) is 6.54 Å². The van der Waals surface area contributed by atoms with Crippen molar-refractivity contribution in [1.82, 2.24) is 5.32 Å². The minimum atomic E-state index is -0.0696. The van der Waals surface area contributed by atoms with E-state index >= 15 is 0 Å². The molecule has 0 radical (unpaired) electrons. The van der Waals surface area contributed by atoms with Crippen molar-refractivity contribution in [3.05, 3.63) is 64.7 Å². The van der Waals surface area contributed by atoms with E-state index in [1.807, 2.05) is 62.4 Å². The first-order valence-electron chi connectivity index (χ1n) is 8.13. The van der Waals surface area contributed by atoms with Crippen molar-refractivity contribution in [1.29, 1.82) is 5.26 Å². The monoisotopic (exact) mass is 318 g/mol. The van der Waals surface area contributed by atoms with E-state index in [-0.39, 0.29) is 5.91 Å². The van der Waals surface area contributed by atoms with E-state index in [0.717, 1.165) is 28.7 Å². The van der Waals surface area contributed by atoms with E-state index in [0.29, 0.717) is 17.7 Å². The van der Waals surface area contributed by atoms with E-state index in [1.165, 1.54) is 0 Å². The number of hydrogen-bond donors (Lipinski definition) is 1. The first-order valence-corrected chi connectivity index (χ1v) is 8.13. The molecule has 0 fully saturated rings. The van der Waals surface area contributed by atoms with Crippen LogP contribution in [0.15, 0.2) is 48.0 Å². The van der Waals surface area contributed by atoms with Gasteiger partial charge in [-0.2, -0.15) is 5.26 Å². The fourth-order valence-corrected chi connectivity index (χ4v) is 2.55. The second-order valence-electron chi connectivity index (χ2n) is 5.80. The van der Waals surface area contributed by atoms with Gasteiger partial charge in [0.05, 0.1) is 11.6 Å². The summed E-state index contributed by atoms with van der Waals surface area (Å²) in [6, 6.07) is 15.9. The van der Waals surface area contributed by atoms with E-state index in [4.69, 9.17) is 0 Å². The molecule has 2 aromatic rings. The third kappa shape index (κ3) is 4.11. The summed E-state index contributed by atoms with van der Waals surface area (Å²) in [6.07, 6.45) is 2.76. The number of nitriles is 1. The standard InChI is InChI=1S/C21H22N2O/c1-4-10-23-21(24)15(2)11-19-12-17(14-22)13-20(16(19)3)18-8-6-5-7-9-18/h5-9,11-13H,4,10H2,1-3H3,(H,23,24)/b15-11+. The number of carbonyl (C=O) groups is 1. The van der Waals surface area contributed by atoms with E-state index in [1.54, 1.807) is 6.92 Å². The summed E-state index contributed by atoms with van der Waals surface area (Å²) in [5, 5.41) is 12.2. The Labute approximate surface area is 143 Å². The molecule has 1 amide bonds. The highest BCUT2D eigenvalue weighted by Crippen LogP contribution is 2.28. The highest BCUT2D eigenvalue weighted by atomic mass is 16.1. The maximum Gasteiger partial charge on any atom is 0.246 e. The molecule has 0 heterocycles. The summed E-state index contributed by atoms with van der Waals surface area (Å²) >= 11 is 0. The molecule has 0 aliphatic rings. The van der Waals surface area contributed by atoms with Gasteiger partial charge in [0.2, 0.25) is 5.91 Å². The van der Waals surface area contributed by atoms with Crippen LogP contribution in [0, 0.1) is 18.3 Å². The molecule has 0 saturated carbocycles. The molecule has 3 nitrogen and oxygen atoms in total. The Balaban J connectivity index is 2.48. The fourth-order valence-electron chi connectivity index (χ4n) is 2.55. The van der Waals surface area contributed by atoms with E-state index in [2.05, 4.69) is 11.4 Å². The highest BCUT2D eigenvalue weighted by Gasteiger charge is 2.10. The Morgan fingerprint density at radius 3 is 2.58 bits per heavy atom. The average Bonchev–Trinajstić information content (AvgIpc) is 2.61. The number of rotatable bonds is 5. The fraction of sp³-hybridized carbons (Fsp3) is 0.238. The minimum absolute atomic E-state index is 0.0696. The molecule has 1 N–H and O–H groups in total. The van der Waals surface area contributed by atoms with Gasteiger partial charge in [-0.25, -0.2) is 0 Å². The number of nitrogens with one attached hydrogen (secondary N) is 1. The first kappa shape index (κ1) is 17.5. The summed E-state index contributed by atoms with van der Waals surface area (Å²) in [4.78, 5) is 12.1. The van der Waals surface area contributed by atoms with Crippen LogP contribution in [-0.2, 0) is 4.79 Å². The Kier molecular flexibility index (Phi) is 5.92. The summed E-state index contributed by atoms with van der Waals surface area (Å²) in [7, 11) is 0. The maximum atomic E-state index is 12.1. The molecule has 0 saturated heterocycles. The van der Waals surface area contributed by atoms with Gasteiger partial charge >= 0.3 is 0 Å². The number of carbonyl (C=O) groups excluding carboxylic acids is 1. The van der Waals surface area contributed by atoms with Crippen LogP contribution in [0.25, 0.3) is 17.2 Å². The molecular weight excluding hydrogens is 296 g/mol. The van der Waals surface area contributed by atoms with Crippen LogP contribution >= 0.6 is 0 Å². The van der Waals surface area contributed by atoms with E-state index < -0.39 is 0 Å². The molecule has 122 valence electrons. The third-order valence-corrected chi connectivity index (χ3v) is 3.93. The van der Waals surface area contributed by atoms with Crippen molar-refractivity contribution < 1.29 is 4.79 Å². The van der Waals surface area contributed by atoms with Crippen molar-refractivity contribution >= 4 is 12.0 Å². The largest absolute Gasteiger partial charge is 0.352 e. The molecule has 0 unspecified atom stereocenters. The molecule has 0 aliphatic heterocycles. The lowest BCUT2D eigenvalue weighted by molar-refractivity contribution is -0.117. The van der Waals surface area contributed by atoms with Crippen LogP contribution in [0.3, 0.4) is 0 Å². The van der Waals surface area contributed by atoms with Gasteiger partial charge in [0.25, 0.3) is 0 Å². The summed E-state index contributed by atoms with van der Waals surface area (Å²) in [6.45, 7) is 6.50. The zero-order valence-corrected chi connectivity index (χ0v) is 14.4. The number of benzene rings is 2. The molecule has 0 aromatic heterocycles. The second-order valence-corrected chi connectivity index (χ2v) is 5.80. The van der Waals surface area contributed by atoms with Crippen molar-refractivity contribution in [2.45, 2.75) is 27.2 Å². The zero-order chi connectivity index (χ0) is 17.5. The van der Waals surface area contributed by atoms with Gasteiger partial charge in [-0.15, -0.1) is 0 Å². The lowest BCUT2D eigenvalue weighted by atomic mass is 9.93. The van der Waals surface area contributed by atoms with Crippen molar-refractivity contribution in [3.8, 4) is 17.2 Å². The van der Waals surface area contributed by atoms with Gasteiger partial charge in [-0.1, -0.05) is 37.3 Å². The SMILES string of the molecule is CCCNC(=O)/C(C)=C/c1cc(C#N)cc(-c2ccccc2)c1C. The smallest absolute Gasteiger partial charge is 0.246 e. The van der Waals surface area contributed by atoms with Gasteiger partial charge in [-0.05, 0) is 60.7 Å². The normalized spacial score (nSPS) is 11.0. The van der Waals surface area contributed by atoms with Crippen LogP contribution < -0.4 is 5.32 Å². The van der Waals surface area contributed by atoms with Crippen LogP contribution in [0.1, 0.15) is 37.0 Å². The van der Waals surface area contributed by atoms with Crippen LogP contribution in [0.4, 0.5) is 0 Å². The van der Waals surface area contributed by atoms with Gasteiger partial charge in [0.15, 0.2) is 0 Å². The highest BCUT2D eigenvalue weighted by molar-refractivity contribution is 5.97. The number of nitrogens with zero attached hydrogens (tertiary/aromatic N) is 1. The third-order valence-electron chi connectivity index (χ3n) is 3.93. The quantitative estimate of drug-likeness (QED) is 0.827. The van der Waals surface area contributed by atoms with Crippen molar-refractivity contribution in [2.24, 2.45) is 0 Å². The predicted molar refractivity (Wildman–Crippen MR) is 98.3 cm³/mol. The van der Waals surface area contributed by atoms with Crippen LogP contribution in [0.5, 0.6) is 0 Å². The molecule has 0 bridgehead atoms. The number of hydrogen-bond acceptors (Lipinski definition) is 2. The van der Waals surface area contributed by atoms with Crippen LogP contribution in [0.2, 0.25) is 0 Å². The molecule has 0 spiro atoms. The molecule has 3 heteroatoms. The summed E-state index contributed by atoms with van der Waals surface area (Å²) in [5.74, 6) is -0.0696. The maximum absolute atomic E-state index is 12.1. The Morgan fingerprint density at radius 2 is 1.96 bits per heavy atom. The molecule has 2 rings (SSSR count). The Hall–Kier alpha value is -2.86. The minimum Gasteiger partial charge on any atom is -0.352 e. The molecular formula is C21H22N2O. The van der Waals surface area contributed by atoms with Gasteiger partial charge in [0, 0.05) is 12.1 Å². The lowest BCUT2D eigenvalue weighted by Crippen LogP contribution is -2.24. The van der Waals surface area contributed by atoms with Gasteiger partial charge < -0.3 is 5.32 Å². The summed E-state index contributed by atoms with van der Waals surface area (Å²) in [5.41, 5.74) is 5.27. The molecule has 0 atom stereocenters. The molecule has 2 aromatic carbocycles. The lowest BCUT2D eigenvalue weighted by Gasteiger charge is -2.11.